The first kappa shape index (κ1) is 14.5. The van der Waals surface area contributed by atoms with E-state index in [0.717, 1.165) is 21.0 Å². The van der Waals surface area contributed by atoms with Gasteiger partial charge in [0.05, 0.1) is 11.6 Å². The fraction of sp³-hybridized carbons (Fsp3) is 0.200. The molecule has 0 fully saturated rings. The van der Waals surface area contributed by atoms with Crippen LogP contribution in [0.1, 0.15) is 34.6 Å². The quantitative estimate of drug-likeness (QED) is 0.635. The SMILES string of the molecule is CCC(NC(=O)c1ccc2n[nH]c(I)c2c1)c1cccs1. The molecular formula is C15H14IN3OS. The summed E-state index contributed by atoms with van der Waals surface area (Å²) in [4.78, 5) is 13.6. The van der Waals surface area contributed by atoms with Gasteiger partial charge in [-0.2, -0.15) is 5.10 Å². The molecule has 1 atom stereocenters. The molecular weight excluding hydrogens is 397 g/mol. The molecule has 21 heavy (non-hydrogen) atoms. The molecule has 0 bridgehead atoms. The van der Waals surface area contributed by atoms with Gasteiger partial charge in [-0.3, -0.25) is 9.89 Å². The Bertz CT molecular complexity index is 766. The van der Waals surface area contributed by atoms with Gasteiger partial charge in [0.1, 0.15) is 3.70 Å². The lowest BCUT2D eigenvalue weighted by atomic mass is 10.1. The number of rotatable bonds is 4. The molecule has 0 aliphatic rings. The number of hydrogen-bond acceptors (Lipinski definition) is 3. The molecule has 0 radical (unpaired) electrons. The standard InChI is InChI=1S/C15H14IN3OS/c1-2-11(13-4-3-7-21-13)17-15(20)9-5-6-12-10(8-9)14(16)19-18-12/h3-8,11H,2H2,1H3,(H,17,20)(H,18,19). The maximum Gasteiger partial charge on any atom is 0.251 e. The van der Waals surface area contributed by atoms with Crippen molar-refractivity contribution < 1.29 is 4.79 Å². The van der Waals surface area contributed by atoms with Crippen LogP contribution < -0.4 is 5.32 Å². The van der Waals surface area contributed by atoms with E-state index >= 15 is 0 Å². The van der Waals surface area contributed by atoms with E-state index in [4.69, 9.17) is 0 Å². The van der Waals surface area contributed by atoms with Crippen molar-refractivity contribution in [2.75, 3.05) is 0 Å². The van der Waals surface area contributed by atoms with E-state index in [0.29, 0.717) is 5.56 Å². The lowest BCUT2D eigenvalue weighted by Crippen LogP contribution is -2.27. The van der Waals surface area contributed by atoms with E-state index in [-0.39, 0.29) is 11.9 Å². The van der Waals surface area contributed by atoms with Crippen molar-refractivity contribution in [2.45, 2.75) is 19.4 Å². The van der Waals surface area contributed by atoms with Crippen molar-refractivity contribution in [1.82, 2.24) is 15.5 Å². The zero-order valence-corrected chi connectivity index (χ0v) is 14.4. The number of nitrogens with zero attached hydrogens (tertiary/aromatic N) is 1. The molecule has 4 nitrogen and oxygen atoms in total. The summed E-state index contributed by atoms with van der Waals surface area (Å²) in [6.07, 6.45) is 0.873. The second-order valence-electron chi connectivity index (χ2n) is 4.72. The monoisotopic (exact) mass is 411 g/mol. The number of aromatic nitrogens is 2. The number of nitrogens with one attached hydrogen (secondary N) is 2. The van der Waals surface area contributed by atoms with Crippen molar-refractivity contribution >= 4 is 50.7 Å². The van der Waals surface area contributed by atoms with E-state index in [9.17, 15) is 4.79 Å². The Kier molecular flexibility index (Phi) is 4.25. The van der Waals surface area contributed by atoms with Gasteiger partial charge in [-0.1, -0.05) is 13.0 Å². The highest BCUT2D eigenvalue weighted by Crippen LogP contribution is 2.23. The molecule has 0 aliphatic heterocycles. The van der Waals surface area contributed by atoms with Gasteiger partial charge in [-0.15, -0.1) is 11.3 Å². The van der Waals surface area contributed by atoms with Crippen molar-refractivity contribution in [3.8, 4) is 0 Å². The van der Waals surface area contributed by atoms with Crippen LogP contribution in [0.15, 0.2) is 35.7 Å². The number of amides is 1. The molecule has 0 saturated heterocycles. The maximum atomic E-state index is 12.4. The van der Waals surface area contributed by atoms with Crippen LogP contribution in [-0.2, 0) is 0 Å². The number of benzene rings is 1. The first-order valence-electron chi connectivity index (χ1n) is 6.67. The van der Waals surface area contributed by atoms with Gasteiger partial charge >= 0.3 is 0 Å². The molecule has 1 aromatic carbocycles. The molecule has 108 valence electrons. The summed E-state index contributed by atoms with van der Waals surface area (Å²) in [7, 11) is 0. The predicted molar refractivity (Wildman–Crippen MR) is 93.6 cm³/mol. The number of fused-ring (bicyclic) bond motifs is 1. The van der Waals surface area contributed by atoms with E-state index in [1.54, 1.807) is 11.3 Å². The molecule has 1 unspecified atom stereocenters. The molecule has 1 amide bonds. The first-order chi connectivity index (χ1) is 10.2. The van der Waals surface area contributed by atoms with Crippen LogP contribution in [0.2, 0.25) is 0 Å². The minimum Gasteiger partial charge on any atom is -0.344 e. The second-order valence-corrected chi connectivity index (χ2v) is 6.78. The average Bonchev–Trinajstić information content (AvgIpc) is 3.15. The predicted octanol–water partition coefficient (Wildman–Crippen LogP) is 4.11. The Morgan fingerprint density at radius 2 is 2.33 bits per heavy atom. The molecule has 2 heterocycles. The van der Waals surface area contributed by atoms with Crippen molar-refractivity contribution in [3.05, 3.63) is 49.9 Å². The second kappa shape index (κ2) is 6.15. The zero-order chi connectivity index (χ0) is 14.8. The third-order valence-electron chi connectivity index (χ3n) is 3.37. The van der Waals surface area contributed by atoms with Crippen LogP contribution in [0.5, 0.6) is 0 Å². The summed E-state index contributed by atoms with van der Waals surface area (Å²) in [6, 6.07) is 9.70. The highest BCUT2D eigenvalue weighted by molar-refractivity contribution is 14.1. The van der Waals surface area contributed by atoms with Crippen molar-refractivity contribution in [1.29, 1.82) is 0 Å². The fourth-order valence-electron chi connectivity index (χ4n) is 2.23. The number of H-pyrrole nitrogens is 1. The number of carbonyl (C=O) groups is 1. The van der Waals surface area contributed by atoms with E-state index in [1.807, 2.05) is 29.6 Å². The Balaban J connectivity index is 1.84. The van der Waals surface area contributed by atoms with E-state index in [1.165, 1.54) is 4.88 Å². The molecule has 3 aromatic rings. The summed E-state index contributed by atoms with van der Waals surface area (Å²) in [5.41, 5.74) is 1.54. The summed E-state index contributed by atoms with van der Waals surface area (Å²) in [6.45, 7) is 2.08. The van der Waals surface area contributed by atoms with Crippen LogP contribution in [0.3, 0.4) is 0 Å². The minimum absolute atomic E-state index is 0.0471. The highest BCUT2D eigenvalue weighted by Gasteiger charge is 2.16. The largest absolute Gasteiger partial charge is 0.344 e. The van der Waals surface area contributed by atoms with Crippen LogP contribution in [0.4, 0.5) is 0 Å². The Morgan fingerprint density at radius 3 is 3.05 bits per heavy atom. The Hall–Kier alpha value is -1.41. The summed E-state index contributed by atoms with van der Waals surface area (Å²) >= 11 is 3.85. The Morgan fingerprint density at radius 1 is 1.48 bits per heavy atom. The number of hydrogen-bond donors (Lipinski definition) is 2. The van der Waals surface area contributed by atoms with E-state index < -0.39 is 0 Å². The molecule has 0 spiro atoms. The van der Waals surface area contributed by atoms with Crippen molar-refractivity contribution in [2.24, 2.45) is 0 Å². The normalized spacial score (nSPS) is 12.5. The Labute approximate surface area is 140 Å². The topological polar surface area (TPSA) is 57.8 Å². The minimum atomic E-state index is -0.0471. The molecule has 3 rings (SSSR count). The third-order valence-corrected chi connectivity index (χ3v) is 5.18. The lowest BCUT2D eigenvalue weighted by Gasteiger charge is -2.15. The smallest absolute Gasteiger partial charge is 0.251 e. The summed E-state index contributed by atoms with van der Waals surface area (Å²) < 4.78 is 0.947. The number of thiophene rings is 1. The average molecular weight is 411 g/mol. The van der Waals surface area contributed by atoms with E-state index in [2.05, 4.69) is 51.1 Å². The molecule has 0 aliphatic carbocycles. The van der Waals surface area contributed by atoms with Gasteiger partial charge in [0.2, 0.25) is 0 Å². The van der Waals surface area contributed by atoms with Crippen LogP contribution in [-0.4, -0.2) is 16.1 Å². The van der Waals surface area contributed by atoms with Gasteiger partial charge in [0.25, 0.3) is 5.91 Å². The number of aromatic amines is 1. The fourth-order valence-corrected chi connectivity index (χ4v) is 3.64. The first-order valence-corrected chi connectivity index (χ1v) is 8.62. The van der Waals surface area contributed by atoms with Gasteiger partial charge < -0.3 is 5.32 Å². The van der Waals surface area contributed by atoms with Crippen LogP contribution in [0, 0.1) is 3.70 Å². The highest BCUT2D eigenvalue weighted by atomic mass is 127. The third kappa shape index (κ3) is 2.96. The molecule has 0 saturated carbocycles. The summed E-state index contributed by atoms with van der Waals surface area (Å²) in [5.74, 6) is -0.0471. The molecule has 2 N–H and O–H groups in total. The van der Waals surface area contributed by atoms with Gasteiger partial charge in [-0.05, 0) is 58.7 Å². The van der Waals surface area contributed by atoms with Crippen molar-refractivity contribution in [3.63, 3.8) is 0 Å². The van der Waals surface area contributed by atoms with Crippen LogP contribution >= 0.6 is 33.9 Å². The molecule has 2 aromatic heterocycles. The summed E-state index contributed by atoms with van der Waals surface area (Å²) in [5, 5.41) is 13.2. The number of carbonyl (C=O) groups excluding carboxylic acids is 1. The van der Waals surface area contributed by atoms with Gasteiger partial charge in [-0.25, -0.2) is 0 Å². The van der Waals surface area contributed by atoms with Gasteiger partial charge in [0.15, 0.2) is 0 Å². The number of halogens is 1. The van der Waals surface area contributed by atoms with Crippen LogP contribution in [0.25, 0.3) is 10.9 Å². The molecule has 6 heteroatoms. The van der Waals surface area contributed by atoms with Gasteiger partial charge in [0, 0.05) is 15.8 Å². The zero-order valence-electron chi connectivity index (χ0n) is 11.4. The lowest BCUT2D eigenvalue weighted by molar-refractivity contribution is 0.0936. The maximum absolute atomic E-state index is 12.4.